The monoisotopic (exact) mass is 310 g/mol. The first kappa shape index (κ1) is 15.0. The third kappa shape index (κ3) is 2.87. The van der Waals surface area contributed by atoms with E-state index in [0.29, 0.717) is 16.4 Å². The number of nitrogens with two attached hydrogens (primary N) is 1. The van der Waals surface area contributed by atoms with Gasteiger partial charge in [0.25, 0.3) is 10.0 Å². The van der Waals surface area contributed by atoms with E-state index in [9.17, 15) is 8.42 Å². The molecule has 2 aromatic rings. The third-order valence-electron chi connectivity index (χ3n) is 3.19. The Labute approximate surface area is 123 Å². The summed E-state index contributed by atoms with van der Waals surface area (Å²) < 4.78 is 26.6. The molecule has 0 saturated carbocycles. The van der Waals surface area contributed by atoms with Crippen molar-refractivity contribution in [3.63, 3.8) is 0 Å². The Balaban J connectivity index is 2.32. The minimum absolute atomic E-state index is 0.319. The molecule has 0 aliphatic heterocycles. The van der Waals surface area contributed by atoms with Crippen molar-refractivity contribution in [1.82, 2.24) is 0 Å². The van der Waals surface area contributed by atoms with E-state index < -0.39 is 10.0 Å². The van der Waals surface area contributed by atoms with Gasteiger partial charge in [0, 0.05) is 13.6 Å². The van der Waals surface area contributed by atoms with Gasteiger partial charge < -0.3 is 5.73 Å². The average molecular weight is 310 g/mol. The van der Waals surface area contributed by atoms with Crippen LogP contribution in [0.3, 0.4) is 0 Å². The fraction of sp³-hybridized carbons (Fsp3) is 0.286. The molecule has 0 spiro atoms. The van der Waals surface area contributed by atoms with Crippen LogP contribution >= 0.6 is 11.3 Å². The number of rotatable bonds is 5. The van der Waals surface area contributed by atoms with Gasteiger partial charge in [0.1, 0.15) is 4.21 Å². The summed E-state index contributed by atoms with van der Waals surface area (Å²) in [5, 5.41) is 1.78. The van der Waals surface area contributed by atoms with Gasteiger partial charge in [0.15, 0.2) is 0 Å². The minimum Gasteiger partial charge on any atom is -0.326 e. The lowest BCUT2D eigenvalue weighted by Gasteiger charge is -2.18. The van der Waals surface area contributed by atoms with Gasteiger partial charge in [-0.1, -0.05) is 19.1 Å². The van der Waals surface area contributed by atoms with Crippen LogP contribution in [0.1, 0.15) is 18.1 Å². The maximum absolute atomic E-state index is 12.5. The van der Waals surface area contributed by atoms with E-state index in [-0.39, 0.29) is 0 Å². The molecule has 2 N–H and O–H groups in total. The number of anilines is 1. The molecule has 0 bridgehead atoms. The second-order valence-corrected chi connectivity index (χ2v) is 7.58. The molecule has 108 valence electrons. The van der Waals surface area contributed by atoms with Crippen LogP contribution in [0.4, 0.5) is 5.69 Å². The number of sulfonamides is 1. The van der Waals surface area contributed by atoms with E-state index in [1.165, 1.54) is 21.2 Å². The van der Waals surface area contributed by atoms with Gasteiger partial charge in [-0.25, -0.2) is 8.42 Å². The van der Waals surface area contributed by atoms with Crippen molar-refractivity contribution in [2.24, 2.45) is 5.73 Å². The van der Waals surface area contributed by atoms with E-state index in [0.717, 1.165) is 12.0 Å². The summed E-state index contributed by atoms with van der Waals surface area (Å²) in [6, 6.07) is 9.18. The summed E-state index contributed by atoms with van der Waals surface area (Å²) in [7, 11) is -1.94. The van der Waals surface area contributed by atoms with Gasteiger partial charge in [0.2, 0.25) is 0 Å². The third-order valence-corrected chi connectivity index (χ3v) is 6.44. The number of hydrogen-bond donors (Lipinski definition) is 1. The van der Waals surface area contributed by atoms with Gasteiger partial charge in [0.05, 0.1) is 5.69 Å². The molecule has 1 heterocycles. The lowest BCUT2D eigenvalue weighted by molar-refractivity contribution is 0.596. The topological polar surface area (TPSA) is 63.4 Å². The minimum atomic E-state index is -3.50. The maximum Gasteiger partial charge on any atom is 0.273 e. The highest BCUT2D eigenvalue weighted by Crippen LogP contribution is 2.27. The average Bonchev–Trinajstić information content (AvgIpc) is 2.96. The molecule has 4 nitrogen and oxygen atoms in total. The van der Waals surface area contributed by atoms with Crippen LogP contribution in [0.5, 0.6) is 0 Å². The van der Waals surface area contributed by atoms with E-state index >= 15 is 0 Å². The highest BCUT2D eigenvalue weighted by molar-refractivity contribution is 7.94. The first-order valence-electron chi connectivity index (χ1n) is 6.34. The molecule has 0 radical (unpaired) electrons. The number of aryl methyl sites for hydroxylation is 1. The van der Waals surface area contributed by atoms with E-state index in [1.807, 2.05) is 24.3 Å². The Morgan fingerprint density at radius 3 is 2.35 bits per heavy atom. The number of thiophene rings is 1. The van der Waals surface area contributed by atoms with Crippen molar-refractivity contribution in [2.45, 2.75) is 24.1 Å². The zero-order valence-electron chi connectivity index (χ0n) is 11.5. The zero-order valence-corrected chi connectivity index (χ0v) is 13.2. The van der Waals surface area contributed by atoms with Crippen molar-refractivity contribution < 1.29 is 8.42 Å². The van der Waals surface area contributed by atoms with Crippen molar-refractivity contribution in [2.75, 3.05) is 11.4 Å². The molecule has 0 atom stereocenters. The molecular formula is C14H18N2O2S2. The smallest absolute Gasteiger partial charge is 0.273 e. The summed E-state index contributed by atoms with van der Waals surface area (Å²) >= 11 is 1.20. The van der Waals surface area contributed by atoms with Crippen LogP contribution in [-0.4, -0.2) is 15.5 Å². The molecule has 0 fully saturated rings. The van der Waals surface area contributed by atoms with Gasteiger partial charge in [-0.3, -0.25) is 4.31 Å². The molecule has 1 aromatic heterocycles. The molecule has 0 aliphatic rings. The SMILES string of the molecule is CCc1ccc(N(C)S(=O)(=O)c2cc(CN)cs2)cc1. The fourth-order valence-corrected chi connectivity index (χ4v) is 4.40. The highest BCUT2D eigenvalue weighted by Gasteiger charge is 2.23. The number of hydrogen-bond acceptors (Lipinski definition) is 4. The molecule has 1 aromatic carbocycles. The standard InChI is InChI=1S/C14H18N2O2S2/c1-3-11-4-6-13(7-5-11)16(2)20(17,18)14-8-12(9-15)10-19-14/h4-8,10H,3,9,15H2,1-2H3. The first-order chi connectivity index (χ1) is 9.48. The molecule has 0 aliphatic carbocycles. The van der Waals surface area contributed by atoms with Gasteiger partial charge >= 0.3 is 0 Å². The van der Waals surface area contributed by atoms with Gasteiger partial charge in [-0.05, 0) is 41.1 Å². The van der Waals surface area contributed by atoms with Crippen molar-refractivity contribution in [3.8, 4) is 0 Å². The van der Waals surface area contributed by atoms with Crippen LogP contribution in [0.25, 0.3) is 0 Å². The molecule has 0 amide bonds. The van der Waals surface area contributed by atoms with E-state index in [1.54, 1.807) is 18.5 Å². The molecule has 6 heteroatoms. The van der Waals surface area contributed by atoms with E-state index in [2.05, 4.69) is 6.92 Å². The largest absolute Gasteiger partial charge is 0.326 e. The summed E-state index contributed by atoms with van der Waals surface area (Å²) in [6.45, 7) is 2.41. The fourth-order valence-electron chi connectivity index (χ4n) is 1.81. The second-order valence-electron chi connectivity index (χ2n) is 4.47. The van der Waals surface area contributed by atoms with Crippen LogP contribution in [0.2, 0.25) is 0 Å². The lowest BCUT2D eigenvalue weighted by Crippen LogP contribution is -2.25. The molecule has 0 unspecified atom stereocenters. The maximum atomic E-state index is 12.5. The Bertz CT molecular complexity index is 675. The van der Waals surface area contributed by atoms with Crippen molar-refractivity contribution >= 4 is 27.0 Å². The summed E-state index contributed by atoms with van der Waals surface area (Å²) in [5.74, 6) is 0. The normalized spacial score (nSPS) is 11.6. The predicted octanol–water partition coefficient (Wildman–Crippen LogP) is 2.59. The van der Waals surface area contributed by atoms with E-state index in [4.69, 9.17) is 5.73 Å². The summed E-state index contributed by atoms with van der Waals surface area (Å²) in [4.78, 5) is 0. The molecular weight excluding hydrogens is 292 g/mol. The zero-order chi connectivity index (χ0) is 14.8. The summed E-state index contributed by atoms with van der Waals surface area (Å²) in [6.07, 6.45) is 0.932. The van der Waals surface area contributed by atoms with Gasteiger partial charge in [-0.15, -0.1) is 11.3 Å². The predicted molar refractivity (Wildman–Crippen MR) is 83.6 cm³/mol. The quantitative estimate of drug-likeness (QED) is 0.923. The van der Waals surface area contributed by atoms with Crippen LogP contribution in [0.15, 0.2) is 39.9 Å². The summed E-state index contributed by atoms with van der Waals surface area (Å²) in [5.41, 5.74) is 8.20. The number of benzene rings is 1. The number of nitrogens with zero attached hydrogens (tertiary/aromatic N) is 1. The highest BCUT2D eigenvalue weighted by atomic mass is 32.2. The molecule has 0 saturated heterocycles. The Morgan fingerprint density at radius 1 is 1.20 bits per heavy atom. The lowest BCUT2D eigenvalue weighted by atomic mass is 10.1. The molecule has 2 rings (SSSR count). The molecule has 20 heavy (non-hydrogen) atoms. The van der Waals surface area contributed by atoms with Crippen LogP contribution in [0, 0.1) is 0 Å². The van der Waals surface area contributed by atoms with Crippen molar-refractivity contribution in [3.05, 3.63) is 46.8 Å². The Hall–Kier alpha value is -1.37. The second kappa shape index (κ2) is 5.95. The Morgan fingerprint density at radius 2 is 1.85 bits per heavy atom. The van der Waals surface area contributed by atoms with Crippen LogP contribution < -0.4 is 10.0 Å². The van der Waals surface area contributed by atoms with Crippen LogP contribution in [-0.2, 0) is 23.0 Å². The van der Waals surface area contributed by atoms with Crippen molar-refractivity contribution in [1.29, 1.82) is 0 Å². The first-order valence-corrected chi connectivity index (χ1v) is 8.66. The Kier molecular flexibility index (Phi) is 4.47. The van der Waals surface area contributed by atoms with Gasteiger partial charge in [-0.2, -0.15) is 0 Å².